The molecule has 0 bridgehead atoms. The lowest BCUT2D eigenvalue weighted by molar-refractivity contribution is -0.141. The normalized spacial score (nSPS) is 22.7. The molecule has 3 rings (SSSR count). The number of carboxylic acids is 1. The molecule has 1 aromatic carbocycles. The van der Waals surface area contributed by atoms with Gasteiger partial charge >= 0.3 is 5.97 Å². The predicted molar refractivity (Wildman–Crippen MR) is 141 cm³/mol. The lowest BCUT2D eigenvalue weighted by atomic mass is 9.68. The van der Waals surface area contributed by atoms with Crippen molar-refractivity contribution < 1.29 is 39.5 Å². The van der Waals surface area contributed by atoms with Crippen LogP contribution in [0.15, 0.2) is 41.0 Å². The molecule has 9 nitrogen and oxygen atoms in total. The second-order valence-electron chi connectivity index (χ2n) is 10.3. The molecule has 38 heavy (non-hydrogen) atoms. The Morgan fingerprint density at radius 1 is 1.16 bits per heavy atom. The summed E-state index contributed by atoms with van der Waals surface area (Å²) < 4.78 is 5.37. The maximum Gasteiger partial charge on any atom is 0.303 e. The zero-order valence-corrected chi connectivity index (χ0v) is 22.1. The van der Waals surface area contributed by atoms with E-state index in [-0.39, 0.29) is 50.2 Å². The molecule has 9 heteroatoms. The van der Waals surface area contributed by atoms with Gasteiger partial charge in [0, 0.05) is 31.6 Å². The van der Waals surface area contributed by atoms with Crippen LogP contribution in [-0.4, -0.2) is 76.1 Å². The van der Waals surface area contributed by atoms with Gasteiger partial charge < -0.3 is 25.2 Å². The Morgan fingerprint density at radius 2 is 1.89 bits per heavy atom. The highest BCUT2D eigenvalue weighted by atomic mass is 16.5. The molecule has 1 aromatic rings. The minimum Gasteiger partial charge on any atom is -0.507 e. The Bertz CT molecular complexity index is 1080. The number of aromatic hydroxyl groups is 1. The Kier molecular flexibility index (Phi) is 10.6. The number of hydrogen-bond donors (Lipinski definition) is 4. The van der Waals surface area contributed by atoms with Gasteiger partial charge in [-0.2, -0.15) is 0 Å². The van der Waals surface area contributed by atoms with Crippen molar-refractivity contribution in [3.8, 4) is 5.75 Å². The molecule has 0 aromatic heterocycles. The molecule has 1 fully saturated rings. The predicted octanol–water partition coefficient (Wildman–Crippen LogP) is 3.14. The number of carbonyl (C=O) groups excluding carboxylic acids is 2. The van der Waals surface area contributed by atoms with Crippen LogP contribution in [0, 0.1) is 17.8 Å². The number of fused-ring (bicyclic) bond motifs is 1. The van der Waals surface area contributed by atoms with Gasteiger partial charge in [-0.05, 0) is 56.2 Å². The van der Waals surface area contributed by atoms with Gasteiger partial charge in [0.25, 0.3) is 0 Å². The van der Waals surface area contributed by atoms with E-state index in [1.54, 1.807) is 18.2 Å². The molecule has 1 saturated heterocycles. The van der Waals surface area contributed by atoms with E-state index in [0.717, 1.165) is 11.1 Å². The third-order valence-corrected chi connectivity index (χ3v) is 7.57. The first kappa shape index (κ1) is 29.5. The van der Waals surface area contributed by atoms with Crippen molar-refractivity contribution in [1.29, 1.82) is 0 Å². The van der Waals surface area contributed by atoms with Gasteiger partial charge in [0.05, 0.1) is 31.2 Å². The van der Waals surface area contributed by atoms with Crippen LogP contribution in [0.1, 0.15) is 57.4 Å². The van der Waals surface area contributed by atoms with Gasteiger partial charge in [-0.3, -0.25) is 19.3 Å². The third kappa shape index (κ3) is 6.89. The van der Waals surface area contributed by atoms with Crippen molar-refractivity contribution in [1.82, 2.24) is 4.90 Å². The summed E-state index contributed by atoms with van der Waals surface area (Å²) in [6, 6.07) is 6.99. The average Bonchev–Trinajstić information content (AvgIpc) is 3.12. The maximum absolute atomic E-state index is 13.4. The number of rotatable bonds is 14. The number of carboxylic acid groups (broad SMARTS) is 1. The number of phenolic OH excluding ortho intramolecular Hbond substituents is 1. The van der Waals surface area contributed by atoms with Crippen LogP contribution in [0.5, 0.6) is 5.75 Å². The highest BCUT2D eigenvalue weighted by Gasteiger charge is 2.54. The number of ether oxygens (including phenoxy) is 1. The molecule has 2 aliphatic rings. The number of likely N-dealkylation sites (tertiary alicyclic amines) is 1. The average molecular weight is 530 g/mol. The molecule has 208 valence electrons. The molecule has 0 radical (unpaired) electrons. The first-order chi connectivity index (χ1) is 18.2. The van der Waals surface area contributed by atoms with Gasteiger partial charge in [0.15, 0.2) is 0 Å². The third-order valence-electron chi connectivity index (χ3n) is 7.57. The van der Waals surface area contributed by atoms with Crippen molar-refractivity contribution in [3.05, 3.63) is 46.5 Å². The number of unbranched alkanes of at least 4 members (excludes halogenated alkanes) is 2. The quantitative estimate of drug-likeness (QED) is 0.163. The Labute approximate surface area is 223 Å². The van der Waals surface area contributed by atoms with E-state index in [0.29, 0.717) is 43.2 Å². The molecule has 1 aliphatic carbocycles. The van der Waals surface area contributed by atoms with Crippen LogP contribution in [0.3, 0.4) is 0 Å². The highest BCUT2D eigenvalue weighted by Crippen LogP contribution is 2.46. The summed E-state index contributed by atoms with van der Waals surface area (Å²) in [5.74, 6) is -3.36. The summed E-state index contributed by atoms with van der Waals surface area (Å²) in [5.41, 5.74) is 2.96. The van der Waals surface area contributed by atoms with Gasteiger partial charge in [-0.15, -0.1) is 0 Å². The number of allylic oxidation sites excluding steroid dienone is 1. The van der Waals surface area contributed by atoms with E-state index in [9.17, 15) is 29.7 Å². The number of benzene rings is 1. The molecule has 4 atom stereocenters. The van der Waals surface area contributed by atoms with Crippen LogP contribution in [-0.2, 0) is 19.1 Å². The van der Waals surface area contributed by atoms with Crippen molar-refractivity contribution >= 4 is 23.9 Å². The molecule has 0 saturated carbocycles. The smallest absolute Gasteiger partial charge is 0.303 e. The number of amides is 2. The topological polar surface area (TPSA) is 145 Å². The second-order valence-corrected chi connectivity index (χ2v) is 10.3. The van der Waals surface area contributed by atoms with Crippen LogP contribution in [0.4, 0.5) is 0 Å². The summed E-state index contributed by atoms with van der Waals surface area (Å²) >= 11 is 0. The van der Waals surface area contributed by atoms with Crippen molar-refractivity contribution in [2.75, 3.05) is 26.9 Å². The zero-order chi connectivity index (χ0) is 27.8. The first-order valence-electron chi connectivity index (χ1n) is 13.2. The minimum atomic E-state index is -0.932. The maximum atomic E-state index is 13.4. The van der Waals surface area contributed by atoms with Crippen LogP contribution in [0.25, 0.3) is 6.08 Å². The molecule has 1 aliphatic heterocycles. The Morgan fingerprint density at radius 3 is 2.55 bits per heavy atom. The second kappa shape index (κ2) is 13.7. The van der Waals surface area contributed by atoms with Gasteiger partial charge in [-0.25, -0.2) is 0 Å². The van der Waals surface area contributed by atoms with E-state index in [4.69, 9.17) is 9.84 Å². The Balaban J connectivity index is 1.74. The number of methoxy groups -OCH3 is 1. The molecule has 4 N–H and O–H groups in total. The SMILES string of the molecule is COCC1=C([C@H](O)CC/C(C)=C/c2ccccc2O)[C@H](CO)[C@@H]2C(=O)N(CCCCCC(=O)O)C(=O)[C@@H]2C1. The van der Waals surface area contributed by atoms with E-state index in [1.165, 1.54) is 12.0 Å². The molecular weight excluding hydrogens is 490 g/mol. The molecule has 0 unspecified atom stereocenters. The number of para-hydroxylation sites is 1. The molecule has 2 amide bonds. The highest BCUT2D eigenvalue weighted by molar-refractivity contribution is 6.05. The van der Waals surface area contributed by atoms with Crippen LogP contribution < -0.4 is 0 Å². The van der Waals surface area contributed by atoms with Gasteiger partial charge in [0.1, 0.15) is 5.75 Å². The largest absolute Gasteiger partial charge is 0.507 e. The van der Waals surface area contributed by atoms with Crippen LogP contribution >= 0.6 is 0 Å². The molecule has 1 heterocycles. The first-order valence-corrected chi connectivity index (χ1v) is 13.2. The summed E-state index contributed by atoms with van der Waals surface area (Å²) in [6.45, 7) is 1.95. The van der Waals surface area contributed by atoms with E-state index in [2.05, 4.69) is 0 Å². The number of nitrogens with zero attached hydrogens (tertiary/aromatic N) is 1. The van der Waals surface area contributed by atoms with Crippen molar-refractivity contribution in [2.24, 2.45) is 17.8 Å². The summed E-state index contributed by atoms with van der Waals surface area (Å²) in [6.07, 6.45) is 3.73. The summed E-state index contributed by atoms with van der Waals surface area (Å²) in [4.78, 5) is 38.5. The van der Waals surface area contributed by atoms with Gasteiger partial charge in [0.2, 0.25) is 11.8 Å². The number of imide groups is 1. The lowest BCUT2D eigenvalue weighted by Crippen LogP contribution is -2.39. The van der Waals surface area contributed by atoms with E-state index < -0.39 is 29.8 Å². The monoisotopic (exact) mass is 529 g/mol. The van der Waals surface area contributed by atoms with E-state index >= 15 is 0 Å². The zero-order valence-electron chi connectivity index (χ0n) is 22.1. The molecular formula is C29H39NO8. The molecule has 0 spiro atoms. The summed E-state index contributed by atoms with van der Waals surface area (Å²) in [7, 11) is 1.53. The lowest BCUT2D eigenvalue weighted by Gasteiger charge is -2.36. The fraction of sp³-hybridized carbons (Fsp3) is 0.552. The fourth-order valence-corrected chi connectivity index (χ4v) is 5.74. The number of aliphatic carboxylic acids is 1. The number of phenols is 1. The van der Waals surface area contributed by atoms with Crippen molar-refractivity contribution in [2.45, 2.75) is 58.0 Å². The van der Waals surface area contributed by atoms with Crippen LogP contribution in [0.2, 0.25) is 0 Å². The standard InChI is InChI=1S/C29H39NO8/c1-18(14-19-8-5-6-9-23(19)32)11-12-24(33)26-20(17-38-2)15-21-27(22(26)16-31)29(37)30(28(21)36)13-7-3-4-10-25(34)35/h5-6,8-9,14,21-22,24,27,31-33H,3-4,7,10-13,15-17H2,1-2H3,(H,34,35)/b18-14+/t21-,22+,24-,27-/m1/s1. The summed E-state index contributed by atoms with van der Waals surface area (Å²) in [5, 5.41) is 40.5. The van der Waals surface area contributed by atoms with Crippen molar-refractivity contribution in [3.63, 3.8) is 0 Å². The number of hydrogen-bond acceptors (Lipinski definition) is 7. The van der Waals surface area contributed by atoms with E-state index in [1.807, 2.05) is 19.1 Å². The number of carbonyl (C=O) groups is 3. The Hall–Kier alpha value is -3.01. The number of aliphatic hydroxyl groups is 2. The van der Waals surface area contributed by atoms with Gasteiger partial charge in [-0.1, -0.05) is 36.3 Å². The minimum absolute atomic E-state index is 0.0481. The fourth-order valence-electron chi connectivity index (χ4n) is 5.74. The number of aliphatic hydroxyl groups excluding tert-OH is 2.